The Kier molecular flexibility index (Phi) is 5.47. The number of thioether (sulfide) groups is 1. The van der Waals surface area contributed by atoms with Crippen LogP contribution in [0.25, 0.3) is 0 Å². The van der Waals surface area contributed by atoms with Crippen LogP contribution in [0, 0.1) is 13.8 Å². The summed E-state index contributed by atoms with van der Waals surface area (Å²) < 4.78 is 0. The summed E-state index contributed by atoms with van der Waals surface area (Å²) in [5.41, 5.74) is 4.16. The van der Waals surface area contributed by atoms with E-state index in [4.69, 9.17) is 0 Å². The number of rotatable bonds is 4. The lowest BCUT2D eigenvalue weighted by Crippen LogP contribution is -2.43. The van der Waals surface area contributed by atoms with Crippen molar-refractivity contribution in [1.29, 1.82) is 0 Å². The van der Waals surface area contributed by atoms with E-state index in [0.717, 1.165) is 27.3 Å². The number of aliphatic hydroxyl groups is 1. The Labute approximate surface area is 153 Å². The Morgan fingerprint density at radius 1 is 1.12 bits per heavy atom. The summed E-state index contributed by atoms with van der Waals surface area (Å²) in [5.74, 6) is -0.240. The Bertz CT molecular complexity index is 761. The predicted octanol–water partition coefficient (Wildman–Crippen LogP) is 3.06. The van der Waals surface area contributed by atoms with Gasteiger partial charge in [-0.25, -0.2) is 0 Å². The van der Waals surface area contributed by atoms with Crippen molar-refractivity contribution in [2.24, 2.45) is 0 Å². The van der Waals surface area contributed by atoms with E-state index in [2.05, 4.69) is 11.4 Å². The first-order valence-electron chi connectivity index (χ1n) is 8.49. The zero-order valence-electron chi connectivity index (χ0n) is 14.8. The van der Waals surface area contributed by atoms with Gasteiger partial charge in [0.1, 0.15) is 6.10 Å². The molecule has 2 atom stereocenters. The number of hydrogen-bond acceptors (Lipinski definition) is 4. The maximum atomic E-state index is 13.0. The van der Waals surface area contributed by atoms with Gasteiger partial charge < -0.3 is 15.3 Å². The molecule has 2 aromatic carbocycles. The molecule has 0 saturated carbocycles. The van der Waals surface area contributed by atoms with Crippen molar-refractivity contribution < 1.29 is 9.90 Å². The van der Waals surface area contributed by atoms with Gasteiger partial charge in [-0.2, -0.15) is 0 Å². The molecule has 1 aliphatic rings. The Morgan fingerprint density at radius 3 is 2.48 bits per heavy atom. The number of fused-ring (bicyclic) bond motifs is 1. The number of hydrogen-bond donors (Lipinski definition) is 2. The number of likely N-dealkylation sites (N-methyl/N-ethyl adjacent to an activating group) is 1. The molecule has 0 aromatic heterocycles. The molecule has 0 fully saturated rings. The van der Waals surface area contributed by atoms with Gasteiger partial charge in [-0.1, -0.05) is 35.9 Å². The van der Waals surface area contributed by atoms with E-state index in [9.17, 15) is 9.90 Å². The summed E-state index contributed by atoms with van der Waals surface area (Å²) in [7, 11) is 1.86. The molecule has 2 unspecified atom stereocenters. The van der Waals surface area contributed by atoms with Crippen LogP contribution < -0.4 is 10.2 Å². The molecule has 1 heterocycles. The molecule has 25 heavy (non-hydrogen) atoms. The van der Waals surface area contributed by atoms with Crippen molar-refractivity contribution in [1.82, 2.24) is 5.32 Å². The molecule has 0 aliphatic carbocycles. The van der Waals surface area contributed by atoms with Crippen molar-refractivity contribution in [2.45, 2.75) is 30.1 Å². The zero-order chi connectivity index (χ0) is 18.0. The first kappa shape index (κ1) is 18.0. The van der Waals surface area contributed by atoms with Gasteiger partial charge in [-0.15, -0.1) is 11.8 Å². The lowest BCUT2D eigenvalue weighted by molar-refractivity contribution is -0.126. The summed E-state index contributed by atoms with van der Waals surface area (Å²) in [5, 5.41) is 13.6. The Morgan fingerprint density at radius 2 is 1.80 bits per heavy atom. The first-order chi connectivity index (χ1) is 12.0. The van der Waals surface area contributed by atoms with Crippen LogP contribution in [0.5, 0.6) is 0 Å². The molecular weight excluding hydrogens is 332 g/mol. The minimum Gasteiger partial charge on any atom is -0.382 e. The monoisotopic (exact) mass is 356 g/mol. The highest BCUT2D eigenvalue weighted by molar-refractivity contribution is 7.99. The highest BCUT2D eigenvalue weighted by Gasteiger charge is 2.37. The number of carbonyl (C=O) groups is 1. The van der Waals surface area contributed by atoms with Crippen LogP contribution in [0.4, 0.5) is 5.69 Å². The summed E-state index contributed by atoms with van der Waals surface area (Å²) in [6, 6.07) is 14.1. The van der Waals surface area contributed by atoms with Gasteiger partial charge in [0.05, 0.1) is 10.9 Å². The van der Waals surface area contributed by atoms with E-state index in [0.29, 0.717) is 13.1 Å². The van der Waals surface area contributed by atoms with E-state index in [-0.39, 0.29) is 11.2 Å². The van der Waals surface area contributed by atoms with Crippen molar-refractivity contribution in [2.75, 3.05) is 25.0 Å². The van der Waals surface area contributed by atoms with Crippen molar-refractivity contribution in [3.05, 3.63) is 59.2 Å². The number of aliphatic hydroxyl groups excluding tert-OH is 1. The topological polar surface area (TPSA) is 52.6 Å². The summed E-state index contributed by atoms with van der Waals surface area (Å²) in [6.45, 7) is 5.28. The van der Waals surface area contributed by atoms with Crippen LogP contribution in [-0.4, -0.2) is 37.3 Å². The second-order valence-electron chi connectivity index (χ2n) is 6.46. The number of nitrogens with zero attached hydrogens (tertiary/aromatic N) is 1. The van der Waals surface area contributed by atoms with Crippen molar-refractivity contribution in [3.8, 4) is 0 Å². The van der Waals surface area contributed by atoms with Crippen LogP contribution in [0.2, 0.25) is 0 Å². The molecule has 0 bridgehead atoms. The smallest absolute Gasteiger partial charge is 0.257 e. The number of carbonyl (C=O) groups excluding carboxylic acids is 1. The van der Waals surface area contributed by atoms with E-state index < -0.39 is 6.10 Å². The summed E-state index contributed by atoms with van der Waals surface area (Å²) >= 11 is 1.57. The van der Waals surface area contributed by atoms with Gasteiger partial charge in [-0.05, 0) is 44.2 Å². The van der Waals surface area contributed by atoms with Crippen LogP contribution in [0.1, 0.15) is 21.9 Å². The summed E-state index contributed by atoms with van der Waals surface area (Å²) in [4.78, 5) is 15.7. The normalized spacial score (nSPS) is 20.3. The number of benzene rings is 2. The predicted molar refractivity (Wildman–Crippen MR) is 103 cm³/mol. The average Bonchev–Trinajstić information content (AvgIpc) is 2.70. The van der Waals surface area contributed by atoms with Crippen LogP contribution >= 0.6 is 11.8 Å². The average molecular weight is 356 g/mol. The van der Waals surface area contributed by atoms with Gasteiger partial charge in [0.15, 0.2) is 0 Å². The SMILES string of the molecule is CNCCN1C(=O)C(O)C(c2ccc(C)cc2)Sc2cc(C)ccc21. The highest BCUT2D eigenvalue weighted by atomic mass is 32.2. The van der Waals surface area contributed by atoms with E-state index in [1.807, 2.05) is 57.3 Å². The molecule has 1 amide bonds. The van der Waals surface area contributed by atoms with Gasteiger partial charge in [0.25, 0.3) is 5.91 Å². The van der Waals surface area contributed by atoms with Gasteiger partial charge in [0.2, 0.25) is 0 Å². The fraction of sp³-hybridized carbons (Fsp3) is 0.350. The van der Waals surface area contributed by atoms with E-state index in [1.54, 1.807) is 16.7 Å². The lowest BCUT2D eigenvalue weighted by Gasteiger charge is -2.25. The minimum absolute atomic E-state index is 0.240. The maximum Gasteiger partial charge on any atom is 0.257 e. The number of nitrogens with one attached hydrogen (secondary N) is 1. The minimum atomic E-state index is -1.07. The van der Waals surface area contributed by atoms with E-state index >= 15 is 0 Å². The Hall–Kier alpha value is -1.82. The molecule has 2 N–H and O–H groups in total. The number of aryl methyl sites for hydroxylation is 2. The highest BCUT2D eigenvalue weighted by Crippen LogP contribution is 2.46. The molecule has 2 aromatic rings. The molecule has 0 radical (unpaired) electrons. The van der Waals surface area contributed by atoms with Crippen LogP contribution in [0.3, 0.4) is 0 Å². The Balaban J connectivity index is 2.05. The van der Waals surface area contributed by atoms with Crippen LogP contribution in [0.15, 0.2) is 47.4 Å². The molecule has 4 nitrogen and oxygen atoms in total. The molecule has 3 rings (SSSR count). The first-order valence-corrected chi connectivity index (χ1v) is 9.37. The molecular formula is C20H24N2O2S. The fourth-order valence-electron chi connectivity index (χ4n) is 3.01. The number of amides is 1. The standard InChI is InChI=1S/C20H24N2O2S/c1-13-4-7-15(8-5-13)19-18(23)20(24)22(11-10-21-3)16-9-6-14(2)12-17(16)25-19/h4-9,12,18-19,21,23H,10-11H2,1-3H3. The largest absolute Gasteiger partial charge is 0.382 e. The third-order valence-corrected chi connectivity index (χ3v) is 5.82. The maximum absolute atomic E-state index is 13.0. The van der Waals surface area contributed by atoms with Gasteiger partial charge >= 0.3 is 0 Å². The zero-order valence-corrected chi connectivity index (χ0v) is 15.6. The van der Waals surface area contributed by atoms with Crippen molar-refractivity contribution >= 4 is 23.4 Å². The fourth-order valence-corrected chi connectivity index (χ4v) is 4.37. The molecule has 0 saturated heterocycles. The molecule has 5 heteroatoms. The quantitative estimate of drug-likeness (QED) is 0.884. The third kappa shape index (κ3) is 3.73. The molecule has 0 spiro atoms. The number of anilines is 1. The van der Waals surface area contributed by atoms with Gasteiger partial charge in [-0.3, -0.25) is 4.79 Å². The summed E-state index contributed by atoms with van der Waals surface area (Å²) in [6.07, 6.45) is -1.07. The third-order valence-electron chi connectivity index (χ3n) is 4.46. The lowest BCUT2D eigenvalue weighted by atomic mass is 10.0. The molecule has 132 valence electrons. The van der Waals surface area contributed by atoms with E-state index in [1.165, 1.54) is 0 Å². The molecule has 1 aliphatic heterocycles. The van der Waals surface area contributed by atoms with Crippen LogP contribution in [-0.2, 0) is 4.79 Å². The van der Waals surface area contributed by atoms with Crippen molar-refractivity contribution in [3.63, 3.8) is 0 Å². The second kappa shape index (κ2) is 7.60. The van der Waals surface area contributed by atoms with Gasteiger partial charge in [0, 0.05) is 18.0 Å². The second-order valence-corrected chi connectivity index (χ2v) is 7.64.